The second kappa shape index (κ2) is 10.5. The number of nitrogens with two attached hydrogens (primary N) is 1. The second-order valence-electron chi connectivity index (χ2n) is 8.13. The highest BCUT2D eigenvalue weighted by atomic mass is 19.2. The van der Waals surface area contributed by atoms with Crippen molar-refractivity contribution in [1.82, 2.24) is 25.9 Å². The van der Waals surface area contributed by atoms with Crippen molar-refractivity contribution in [2.24, 2.45) is 0 Å². The Labute approximate surface area is 199 Å². The number of nitrogens with one attached hydrogen (secondary N) is 3. The van der Waals surface area contributed by atoms with Crippen molar-refractivity contribution in [1.29, 1.82) is 0 Å². The summed E-state index contributed by atoms with van der Waals surface area (Å²) in [6, 6.07) is 7.49. The van der Waals surface area contributed by atoms with E-state index in [9.17, 15) is 22.8 Å². The molecular formula is C24H23F3N6O2. The monoisotopic (exact) mass is 484 g/mol. The first kappa shape index (κ1) is 24.1. The molecule has 3 aromatic rings. The molecule has 0 unspecified atom stereocenters. The molecule has 11 heteroatoms. The zero-order chi connectivity index (χ0) is 24.9. The molecule has 1 atom stereocenters. The summed E-state index contributed by atoms with van der Waals surface area (Å²) >= 11 is 0. The number of nitrogens with zero attached hydrogens (tertiary/aromatic N) is 2. The van der Waals surface area contributed by atoms with Crippen molar-refractivity contribution in [2.45, 2.75) is 25.4 Å². The Hall–Kier alpha value is -3.99. The van der Waals surface area contributed by atoms with Crippen LogP contribution in [0, 0.1) is 17.5 Å². The van der Waals surface area contributed by atoms with Crippen molar-refractivity contribution in [3.05, 3.63) is 76.9 Å². The Kier molecular flexibility index (Phi) is 7.25. The number of halogens is 3. The molecule has 1 fully saturated rings. The van der Waals surface area contributed by atoms with E-state index in [1.54, 1.807) is 12.1 Å². The van der Waals surface area contributed by atoms with Crippen LogP contribution in [-0.2, 0) is 6.54 Å². The van der Waals surface area contributed by atoms with Crippen LogP contribution in [0.5, 0.6) is 0 Å². The number of carbonyl (C=O) groups is 2. The number of rotatable bonds is 6. The van der Waals surface area contributed by atoms with Crippen molar-refractivity contribution in [2.75, 3.05) is 18.8 Å². The summed E-state index contributed by atoms with van der Waals surface area (Å²) in [7, 11) is 0. The van der Waals surface area contributed by atoms with Gasteiger partial charge in [-0.1, -0.05) is 12.1 Å². The van der Waals surface area contributed by atoms with Crippen LogP contribution in [0.2, 0.25) is 0 Å². The molecular weight excluding hydrogens is 461 g/mol. The van der Waals surface area contributed by atoms with Gasteiger partial charge in [-0.2, -0.15) is 0 Å². The van der Waals surface area contributed by atoms with E-state index in [0.29, 0.717) is 23.9 Å². The molecule has 2 amide bonds. The van der Waals surface area contributed by atoms with Crippen LogP contribution < -0.4 is 21.7 Å². The highest BCUT2D eigenvalue weighted by molar-refractivity contribution is 5.97. The molecule has 35 heavy (non-hydrogen) atoms. The largest absolute Gasteiger partial charge is 0.382 e. The van der Waals surface area contributed by atoms with Crippen LogP contribution in [0.3, 0.4) is 0 Å². The van der Waals surface area contributed by atoms with Gasteiger partial charge in [0.15, 0.2) is 23.1 Å². The van der Waals surface area contributed by atoms with Crippen LogP contribution in [0.25, 0.3) is 11.3 Å². The molecule has 4 rings (SSSR count). The maximum absolute atomic E-state index is 13.8. The molecule has 5 N–H and O–H groups in total. The Morgan fingerprint density at radius 1 is 1.14 bits per heavy atom. The second-order valence-corrected chi connectivity index (χ2v) is 8.13. The molecule has 8 nitrogen and oxygen atoms in total. The van der Waals surface area contributed by atoms with Crippen molar-refractivity contribution in [3.8, 4) is 11.3 Å². The maximum atomic E-state index is 13.8. The third-order valence-electron chi connectivity index (χ3n) is 5.58. The number of carbonyl (C=O) groups excluding carboxylic acids is 2. The molecule has 0 aliphatic carbocycles. The van der Waals surface area contributed by atoms with E-state index < -0.39 is 35.8 Å². The van der Waals surface area contributed by atoms with Gasteiger partial charge in [0.2, 0.25) is 0 Å². The quantitative estimate of drug-likeness (QED) is 0.399. The summed E-state index contributed by atoms with van der Waals surface area (Å²) in [6.07, 6.45) is 3.17. The van der Waals surface area contributed by atoms with E-state index in [4.69, 9.17) is 5.73 Å². The zero-order valence-electron chi connectivity index (χ0n) is 18.6. The van der Waals surface area contributed by atoms with E-state index in [0.717, 1.165) is 25.5 Å². The van der Waals surface area contributed by atoms with Crippen molar-refractivity contribution < 1.29 is 22.8 Å². The van der Waals surface area contributed by atoms with Gasteiger partial charge in [0, 0.05) is 41.9 Å². The van der Waals surface area contributed by atoms with E-state index in [1.807, 2.05) is 0 Å². The minimum Gasteiger partial charge on any atom is -0.382 e. The van der Waals surface area contributed by atoms with Gasteiger partial charge in [-0.05, 0) is 37.6 Å². The van der Waals surface area contributed by atoms with E-state index in [-0.39, 0.29) is 28.7 Å². The standard InChI is InChI=1S/C24H23F3N6O2/c25-16-8-15(20(27)18(26)9-16)10-31-23(34)14-4-1-3-13(7-14)19-12-30-22(28)21(33-19)24(35)32-17-5-2-6-29-11-17/h1,3-4,7-9,12,17,29H,2,5-6,10-11H2,(H2,28,30)(H,31,34)(H,32,35)/t17-/m0/s1. The lowest BCUT2D eigenvalue weighted by Crippen LogP contribution is -2.46. The fraction of sp³-hybridized carbons (Fsp3) is 0.250. The van der Waals surface area contributed by atoms with Crippen LogP contribution in [0.4, 0.5) is 19.0 Å². The normalized spacial score (nSPS) is 15.5. The smallest absolute Gasteiger partial charge is 0.274 e. The molecule has 1 saturated heterocycles. The molecule has 1 aliphatic rings. The SMILES string of the molecule is Nc1ncc(-c2cccc(C(=O)NCc3cc(F)cc(F)c3F)c2)nc1C(=O)N[C@H]1CCCNC1. The summed E-state index contributed by atoms with van der Waals surface area (Å²) < 4.78 is 40.6. The fourth-order valence-electron chi connectivity index (χ4n) is 3.77. The predicted octanol–water partition coefficient (Wildman–Crippen LogP) is 2.55. The minimum atomic E-state index is -1.34. The predicted molar refractivity (Wildman–Crippen MR) is 123 cm³/mol. The summed E-state index contributed by atoms with van der Waals surface area (Å²) in [4.78, 5) is 33.7. The van der Waals surface area contributed by atoms with E-state index >= 15 is 0 Å². The van der Waals surface area contributed by atoms with Crippen LogP contribution >= 0.6 is 0 Å². The zero-order valence-corrected chi connectivity index (χ0v) is 18.6. The Morgan fingerprint density at radius 3 is 2.74 bits per heavy atom. The molecule has 182 valence electrons. The average Bonchev–Trinajstić information content (AvgIpc) is 2.86. The lowest BCUT2D eigenvalue weighted by Gasteiger charge is -2.23. The highest BCUT2D eigenvalue weighted by Crippen LogP contribution is 2.21. The average molecular weight is 484 g/mol. The lowest BCUT2D eigenvalue weighted by atomic mass is 10.1. The summed E-state index contributed by atoms with van der Waals surface area (Å²) in [5, 5.41) is 8.54. The van der Waals surface area contributed by atoms with Crippen molar-refractivity contribution in [3.63, 3.8) is 0 Å². The van der Waals surface area contributed by atoms with Gasteiger partial charge in [0.1, 0.15) is 5.82 Å². The first-order chi connectivity index (χ1) is 16.8. The Bertz CT molecular complexity index is 1260. The van der Waals surface area contributed by atoms with Crippen LogP contribution in [0.1, 0.15) is 39.3 Å². The van der Waals surface area contributed by atoms with Gasteiger partial charge in [-0.25, -0.2) is 23.1 Å². The van der Waals surface area contributed by atoms with E-state index in [2.05, 4.69) is 25.9 Å². The topological polar surface area (TPSA) is 122 Å². The first-order valence-corrected chi connectivity index (χ1v) is 11.0. The number of hydrogen-bond donors (Lipinski definition) is 4. The van der Waals surface area contributed by atoms with Gasteiger partial charge >= 0.3 is 0 Å². The minimum absolute atomic E-state index is 0.0201. The van der Waals surface area contributed by atoms with Gasteiger partial charge < -0.3 is 21.7 Å². The molecule has 0 radical (unpaired) electrons. The molecule has 1 aromatic heterocycles. The third kappa shape index (κ3) is 5.75. The Balaban J connectivity index is 1.50. The van der Waals surface area contributed by atoms with Gasteiger partial charge in [-0.3, -0.25) is 9.59 Å². The molecule has 2 aromatic carbocycles. The first-order valence-electron chi connectivity index (χ1n) is 11.0. The van der Waals surface area contributed by atoms with Crippen LogP contribution in [-0.4, -0.2) is 40.9 Å². The van der Waals surface area contributed by atoms with Gasteiger partial charge in [-0.15, -0.1) is 0 Å². The summed E-state index contributed by atoms with van der Waals surface area (Å²) in [5.41, 5.74) is 6.54. The lowest BCUT2D eigenvalue weighted by molar-refractivity contribution is 0.0923. The number of anilines is 1. The maximum Gasteiger partial charge on any atom is 0.274 e. The Morgan fingerprint density at radius 2 is 1.97 bits per heavy atom. The molecule has 1 aliphatic heterocycles. The molecule has 0 bridgehead atoms. The number of piperidine rings is 1. The number of amides is 2. The number of aromatic nitrogens is 2. The summed E-state index contributed by atoms with van der Waals surface area (Å²) in [5.74, 6) is -4.57. The summed E-state index contributed by atoms with van der Waals surface area (Å²) in [6.45, 7) is 1.15. The van der Waals surface area contributed by atoms with E-state index in [1.165, 1.54) is 18.3 Å². The number of benzene rings is 2. The number of nitrogen functional groups attached to an aromatic ring is 1. The number of hydrogen-bond acceptors (Lipinski definition) is 6. The molecule has 2 heterocycles. The molecule has 0 saturated carbocycles. The van der Waals surface area contributed by atoms with Gasteiger partial charge in [0.25, 0.3) is 11.8 Å². The van der Waals surface area contributed by atoms with Crippen LogP contribution in [0.15, 0.2) is 42.6 Å². The fourth-order valence-corrected chi connectivity index (χ4v) is 3.77. The van der Waals surface area contributed by atoms with Gasteiger partial charge in [0.05, 0.1) is 11.9 Å². The highest BCUT2D eigenvalue weighted by Gasteiger charge is 2.20. The molecule has 0 spiro atoms. The van der Waals surface area contributed by atoms with Crippen molar-refractivity contribution >= 4 is 17.6 Å². The third-order valence-corrected chi connectivity index (χ3v) is 5.58.